The first-order chi connectivity index (χ1) is 17.1. The second-order valence-corrected chi connectivity index (χ2v) is 10.1. The molecule has 1 aromatic heterocycles. The van der Waals surface area contributed by atoms with Crippen molar-refractivity contribution in [2.75, 3.05) is 12.0 Å². The lowest BCUT2D eigenvalue weighted by Gasteiger charge is -2.16. The predicted molar refractivity (Wildman–Crippen MR) is 136 cm³/mol. The number of ether oxygens (including phenoxy) is 1. The molecule has 1 atom stereocenters. The van der Waals surface area contributed by atoms with E-state index in [2.05, 4.69) is 20.7 Å². The van der Waals surface area contributed by atoms with Crippen LogP contribution in [0.25, 0.3) is 11.4 Å². The van der Waals surface area contributed by atoms with Crippen LogP contribution in [0.15, 0.2) is 48.5 Å². The molecule has 2 N–H and O–H groups in total. The summed E-state index contributed by atoms with van der Waals surface area (Å²) in [5.74, 6) is -0.313. The van der Waals surface area contributed by atoms with Gasteiger partial charge in [-0.1, -0.05) is 12.1 Å². The van der Waals surface area contributed by atoms with Gasteiger partial charge in [0.1, 0.15) is 11.8 Å². The molecule has 0 aliphatic carbocycles. The number of tetrazole rings is 1. The molecule has 36 heavy (non-hydrogen) atoms. The molecule has 3 aromatic rings. The number of aliphatic carboxylic acids is 1. The smallest absolute Gasteiger partial charge is 0.326 e. The van der Waals surface area contributed by atoms with Crippen molar-refractivity contribution in [3.05, 3.63) is 59.7 Å². The molecule has 0 saturated heterocycles. The molecule has 3 rings (SSSR count). The topological polar surface area (TPSA) is 136 Å². The van der Waals surface area contributed by atoms with Gasteiger partial charge in [-0.25, -0.2) is 4.79 Å². The number of rotatable bonds is 10. The van der Waals surface area contributed by atoms with Crippen molar-refractivity contribution < 1.29 is 24.2 Å². The maximum Gasteiger partial charge on any atom is 0.326 e. The Morgan fingerprint density at radius 1 is 1.08 bits per heavy atom. The first-order valence-electron chi connectivity index (χ1n) is 11.3. The van der Waals surface area contributed by atoms with Gasteiger partial charge in [-0.05, 0) is 86.4 Å². The predicted octanol–water partition coefficient (Wildman–Crippen LogP) is 3.28. The Kier molecular flexibility index (Phi) is 8.81. The standard InChI is InChI=1S/C25H29N5O5S/c1-25(2,3)24(34)35-19-11-9-17(10-12-19)21-27-29-30(28-21)15-16-5-7-18(8-6-16)22(31)26-20(23(32)33)13-14-36-4/h5-12,20H,13-15H2,1-4H3,(H,26,31)(H,32,33). The number of esters is 1. The molecule has 1 amide bonds. The Hall–Kier alpha value is -3.73. The summed E-state index contributed by atoms with van der Waals surface area (Å²) in [7, 11) is 0. The molecule has 0 bridgehead atoms. The lowest BCUT2D eigenvalue weighted by Crippen LogP contribution is -2.41. The monoisotopic (exact) mass is 511 g/mol. The van der Waals surface area contributed by atoms with Gasteiger partial charge in [0, 0.05) is 11.1 Å². The Bertz CT molecular complexity index is 1200. The van der Waals surface area contributed by atoms with E-state index in [9.17, 15) is 19.5 Å². The summed E-state index contributed by atoms with van der Waals surface area (Å²) < 4.78 is 5.37. The molecule has 0 radical (unpaired) electrons. The summed E-state index contributed by atoms with van der Waals surface area (Å²) >= 11 is 1.52. The van der Waals surface area contributed by atoms with E-state index in [-0.39, 0.29) is 5.97 Å². The number of nitrogens with zero attached hydrogens (tertiary/aromatic N) is 4. The number of aromatic nitrogens is 4. The number of nitrogens with one attached hydrogen (secondary N) is 1. The molecule has 0 aliphatic rings. The van der Waals surface area contributed by atoms with Gasteiger partial charge in [0.05, 0.1) is 12.0 Å². The molecule has 190 valence electrons. The van der Waals surface area contributed by atoms with Gasteiger partial charge in [0.25, 0.3) is 5.91 Å². The summed E-state index contributed by atoms with van der Waals surface area (Å²) in [6.07, 6.45) is 2.24. The van der Waals surface area contributed by atoms with Crippen molar-refractivity contribution in [3.8, 4) is 17.1 Å². The SMILES string of the molecule is CSCCC(NC(=O)c1ccc(Cn2nnc(-c3ccc(OC(=O)C(C)(C)C)cc3)n2)cc1)C(=O)O. The number of hydrogen-bond acceptors (Lipinski definition) is 8. The molecule has 0 aliphatic heterocycles. The van der Waals surface area contributed by atoms with Crippen molar-refractivity contribution >= 4 is 29.6 Å². The third-order valence-corrected chi connectivity index (χ3v) is 5.79. The minimum atomic E-state index is -1.05. The highest BCUT2D eigenvalue weighted by molar-refractivity contribution is 7.98. The van der Waals surface area contributed by atoms with E-state index in [1.807, 2.05) is 6.26 Å². The van der Waals surface area contributed by atoms with E-state index in [0.29, 0.717) is 35.9 Å². The number of carboxylic acids is 1. The number of benzene rings is 2. The fourth-order valence-electron chi connectivity index (χ4n) is 3.02. The molecule has 0 spiro atoms. The van der Waals surface area contributed by atoms with Gasteiger partial charge < -0.3 is 15.2 Å². The van der Waals surface area contributed by atoms with Crippen LogP contribution in [0.1, 0.15) is 43.1 Å². The molecule has 1 heterocycles. The average Bonchev–Trinajstić information content (AvgIpc) is 3.30. The first-order valence-corrected chi connectivity index (χ1v) is 12.7. The summed E-state index contributed by atoms with van der Waals surface area (Å²) in [6.45, 7) is 5.70. The second kappa shape index (κ2) is 11.8. The molecule has 10 nitrogen and oxygen atoms in total. The van der Waals surface area contributed by atoms with Gasteiger partial charge in [-0.3, -0.25) is 9.59 Å². The molecular formula is C25H29N5O5S. The normalized spacial score (nSPS) is 12.1. The first kappa shape index (κ1) is 26.9. The molecule has 1 unspecified atom stereocenters. The second-order valence-electron chi connectivity index (χ2n) is 9.15. The van der Waals surface area contributed by atoms with Crippen molar-refractivity contribution in [2.45, 2.75) is 39.8 Å². The van der Waals surface area contributed by atoms with Crippen molar-refractivity contribution in [1.29, 1.82) is 0 Å². The van der Waals surface area contributed by atoms with Crippen LogP contribution in [0.2, 0.25) is 0 Å². The third-order valence-electron chi connectivity index (χ3n) is 5.14. The molecular weight excluding hydrogens is 482 g/mol. The Balaban J connectivity index is 1.60. The fraction of sp³-hybridized carbons (Fsp3) is 0.360. The van der Waals surface area contributed by atoms with E-state index in [1.165, 1.54) is 16.6 Å². The zero-order valence-electron chi connectivity index (χ0n) is 20.6. The van der Waals surface area contributed by atoms with E-state index in [4.69, 9.17) is 4.74 Å². The van der Waals surface area contributed by atoms with Gasteiger partial charge in [-0.15, -0.1) is 10.2 Å². The molecule has 0 fully saturated rings. The van der Waals surface area contributed by atoms with E-state index in [1.54, 1.807) is 69.3 Å². The Labute approximate surface area is 213 Å². The maximum atomic E-state index is 12.4. The fourth-order valence-corrected chi connectivity index (χ4v) is 3.49. The van der Waals surface area contributed by atoms with Gasteiger partial charge >= 0.3 is 11.9 Å². The Morgan fingerprint density at radius 3 is 2.33 bits per heavy atom. The van der Waals surface area contributed by atoms with Crippen molar-refractivity contribution in [1.82, 2.24) is 25.5 Å². The molecule has 2 aromatic carbocycles. The van der Waals surface area contributed by atoms with Gasteiger partial charge in [0.2, 0.25) is 5.82 Å². The highest BCUT2D eigenvalue weighted by Crippen LogP contribution is 2.22. The van der Waals surface area contributed by atoms with Crippen LogP contribution >= 0.6 is 11.8 Å². The van der Waals surface area contributed by atoms with E-state index in [0.717, 1.165) is 11.1 Å². The number of hydrogen-bond donors (Lipinski definition) is 2. The third kappa shape index (κ3) is 7.38. The van der Waals surface area contributed by atoms with Gasteiger partial charge in [0.15, 0.2) is 0 Å². The van der Waals surface area contributed by atoms with Crippen LogP contribution in [0.5, 0.6) is 5.75 Å². The minimum absolute atomic E-state index is 0.319. The zero-order chi connectivity index (χ0) is 26.3. The van der Waals surface area contributed by atoms with Crippen LogP contribution < -0.4 is 10.1 Å². The summed E-state index contributed by atoms with van der Waals surface area (Å²) in [5, 5.41) is 24.4. The zero-order valence-corrected chi connectivity index (χ0v) is 21.4. The molecule has 0 saturated carbocycles. The highest BCUT2D eigenvalue weighted by Gasteiger charge is 2.24. The number of carbonyl (C=O) groups excluding carboxylic acids is 2. The lowest BCUT2D eigenvalue weighted by molar-refractivity contribution is -0.143. The number of thioether (sulfide) groups is 1. The minimum Gasteiger partial charge on any atom is -0.480 e. The van der Waals surface area contributed by atoms with Crippen LogP contribution in [0.3, 0.4) is 0 Å². The largest absolute Gasteiger partial charge is 0.480 e. The van der Waals surface area contributed by atoms with Crippen LogP contribution in [-0.4, -0.2) is 61.2 Å². The average molecular weight is 512 g/mol. The van der Waals surface area contributed by atoms with Crippen LogP contribution in [-0.2, 0) is 16.1 Å². The number of amides is 1. The summed E-state index contributed by atoms with van der Waals surface area (Å²) in [5.41, 5.74) is 1.34. The van der Waals surface area contributed by atoms with E-state index >= 15 is 0 Å². The van der Waals surface area contributed by atoms with Crippen LogP contribution in [0.4, 0.5) is 0 Å². The quantitative estimate of drug-likeness (QED) is 0.310. The highest BCUT2D eigenvalue weighted by atomic mass is 32.2. The number of carbonyl (C=O) groups is 3. The maximum absolute atomic E-state index is 12.4. The van der Waals surface area contributed by atoms with Crippen LogP contribution in [0, 0.1) is 5.41 Å². The summed E-state index contributed by atoms with van der Waals surface area (Å²) in [6, 6.07) is 12.7. The van der Waals surface area contributed by atoms with Crippen molar-refractivity contribution in [3.63, 3.8) is 0 Å². The lowest BCUT2D eigenvalue weighted by atomic mass is 9.97. The Morgan fingerprint density at radius 2 is 1.75 bits per heavy atom. The number of carboxylic acid groups (broad SMARTS) is 1. The van der Waals surface area contributed by atoms with Crippen molar-refractivity contribution in [2.24, 2.45) is 5.41 Å². The van der Waals surface area contributed by atoms with E-state index < -0.39 is 23.3 Å². The summed E-state index contributed by atoms with van der Waals surface area (Å²) in [4.78, 5) is 37.3. The van der Waals surface area contributed by atoms with Gasteiger partial charge in [-0.2, -0.15) is 16.6 Å². The molecule has 11 heteroatoms.